The fourth-order valence-corrected chi connectivity index (χ4v) is 1.25. The second-order valence-electron chi connectivity index (χ2n) is 4.57. The van der Waals surface area contributed by atoms with Crippen LogP contribution in [-0.2, 0) is 4.79 Å². The average Bonchev–Trinajstić information content (AvgIpc) is 2.27. The molecule has 1 aromatic heterocycles. The lowest BCUT2D eigenvalue weighted by atomic mass is 9.93. The average molecular weight is 222 g/mol. The van der Waals surface area contributed by atoms with Crippen LogP contribution in [0.3, 0.4) is 0 Å². The predicted octanol–water partition coefficient (Wildman–Crippen LogP) is 1.84. The molecule has 0 bridgehead atoms. The molecule has 88 valence electrons. The number of carbonyl (C=O) groups is 1. The Hall–Kier alpha value is -1.42. The number of carboxylic acids is 1. The lowest BCUT2D eigenvalue weighted by Gasteiger charge is -2.23. The fourth-order valence-electron chi connectivity index (χ4n) is 1.25. The first-order valence-corrected chi connectivity index (χ1v) is 5.30. The van der Waals surface area contributed by atoms with Gasteiger partial charge >= 0.3 is 5.97 Å². The molecule has 1 heterocycles. The molecule has 1 rings (SSSR count). The molecule has 0 aliphatic carbocycles. The zero-order chi connectivity index (χ0) is 12.2. The van der Waals surface area contributed by atoms with Gasteiger partial charge in [-0.2, -0.15) is 0 Å². The Kier molecular flexibility index (Phi) is 4.01. The number of aliphatic carboxylic acids is 1. The van der Waals surface area contributed by atoms with Gasteiger partial charge in [0.05, 0.1) is 5.41 Å². The summed E-state index contributed by atoms with van der Waals surface area (Å²) in [5.74, 6) is -0.790. The van der Waals surface area contributed by atoms with Gasteiger partial charge < -0.3 is 10.4 Å². The Bertz CT molecular complexity index is 349. The summed E-state index contributed by atoms with van der Waals surface area (Å²) in [6.45, 7) is 5.86. The van der Waals surface area contributed by atoms with Crippen LogP contribution >= 0.6 is 0 Å². The van der Waals surface area contributed by atoms with Gasteiger partial charge in [-0.15, -0.1) is 0 Å². The van der Waals surface area contributed by atoms with Crippen LogP contribution in [0.25, 0.3) is 0 Å². The standard InChI is InChI=1S/C12H18N2O2/c1-9(10-4-6-13-7-5-10)14-8-12(2,3)11(15)16/h4-7,9,14H,8H2,1-3H3,(H,15,16). The van der Waals surface area contributed by atoms with Gasteiger partial charge in [-0.1, -0.05) is 0 Å². The highest BCUT2D eigenvalue weighted by Crippen LogP contribution is 2.17. The molecule has 1 unspecified atom stereocenters. The van der Waals surface area contributed by atoms with E-state index >= 15 is 0 Å². The smallest absolute Gasteiger partial charge is 0.310 e. The fraction of sp³-hybridized carbons (Fsp3) is 0.500. The first-order chi connectivity index (χ1) is 7.43. The number of nitrogens with one attached hydrogen (secondary N) is 1. The van der Waals surface area contributed by atoms with Crippen LogP contribution in [0.1, 0.15) is 32.4 Å². The van der Waals surface area contributed by atoms with Gasteiger partial charge in [0, 0.05) is 25.0 Å². The third kappa shape index (κ3) is 3.31. The van der Waals surface area contributed by atoms with E-state index < -0.39 is 11.4 Å². The molecule has 0 amide bonds. The van der Waals surface area contributed by atoms with Crippen molar-refractivity contribution in [3.05, 3.63) is 30.1 Å². The number of nitrogens with zero attached hydrogens (tertiary/aromatic N) is 1. The van der Waals surface area contributed by atoms with Crippen molar-refractivity contribution < 1.29 is 9.90 Å². The molecule has 16 heavy (non-hydrogen) atoms. The number of pyridine rings is 1. The first-order valence-electron chi connectivity index (χ1n) is 5.30. The maximum Gasteiger partial charge on any atom is 0.310 e. The van der Waals surface area contributed by atoms with Crippen molar-refractivity contribution in [2.24, 2.45) is 5.41 Å². The lowest BCUT2D eigenvalue weighted by Crippen LogP contribution is -2.37. The summed E-state index contributed by atoms with van der Waals surface area (Å²) in [6, 6.07) is 3.97. The second kappa shape index (κ2) is 5.07. The number of aromatic nitrogens is 1. The highest BCUT2D eigenvalue weighted by molar-refractivity contribution is 5.73. The summed E-state index contributed by atoms with van der Waals surface area (Å²) in [7, 11) is 0. The van der Waals surface area contributed by atoms with E-state index in [0.717, 1.165) is 5.56 Å². The maximum atomic E-state index is 10.9. The summed E-state index contributed by atoms with van der Waals surface area (Å²) in [6.07, 6.45) is 3.46. The molecule has 2 N–H and O–H groups in total. The molecule has 0 spiro atoms. The van der Waals surface area contributed by atoms with Gasteiger partial charge in [0.2, 0.25) is 0 Å². The van der Waals surface area contributed by atoms with E-state index in [4.69, 9.17) is 5.11 Å². The SMILES string of the molecule is CC(NCC(C)(C)C(=O)O)c1ccncc1. The molecular formula is C12H18N2O2. The van der Waals surface area contributed by atoms with Gasteiger partial charge in [0.15, 0.2) is 0 Å². The van der Waals surface area contributed by atoms with Crippen molar-refractivity contribution in [1.82, 2.24) is 10.3 Å². The van der Waals surface area contributed by atoms with Crippen molar-refractivity contribution in [3.63, 3.8) is 0 Å². The van der Waals surface area contributed by atoms with E-state index in [2.05, 4.69) is 10.3 Å². The van der Waals surface area contributed by atoms with E-state index in [1.165, 1.54) is 0 Å². The predicted molar refractivity (Wildman–Crippen MR) is 62.1 cm³/mol. The van der Waals surface area contributed by atoms with E-state index in [1.807, 2.05) is 19.1 Å². The Balaban J connectivity index is 2.54. The third-order valence-corrected chi connectivity index (χ3v) is 2.64. The number of hydrogen-bond donors (Lipinski definition) is 2. The van der Waals surface area contributed by atoms with Crippen molar-refractivity contribution in [2.45, 2.75) is 26.8 Å². The summed E-state index contributed by atoms with van der Waals surface area (Å²) < 4.78 is 0. The summed E-state index contributed by atoms with van der Waals surface area (Å²) in [5.41, 5.74) is 0.359. The Morgan fingerprint density at radius 2 is 2.06 bits per heavy atom. The summed E-state index contributed by atoms with van der Waals surface area (Å²) in [5, 5.41) is 12.2. The maximum absolute atomic E-state index is 10.9. The number of carboxylic acid groups (broad SMARTS) is 1. The lowest BCUT2D eigenvalue weighted by molar-refractivity contribution is -0.146. The van der Waals surface area contributed by atoms with Crippen molar-refractivity contribution in [3.8, 4) is 0 Å². The molecule has 0 radical (unpaired) electrons. The van der Waals surface area contributed by atoms with Crippen molar-refractivity contribution in [2.75, 3.05) is 6.54 Å². The molecule has 0 aromatic carbocycles. The van der Waals surface area contributed by atoms with E-state index in [9.17, 15) is 4.79 Å². The minimum absolute atomic E-state index is 0.127. The topological polar surface area (TPSA) is 62.2 Å². The molecule has 0 saturated heterocycles. The highest BCUT2D eigenvalue weighted by atomic mass is 16.4. The van der Waals surface area contributed by atoms with Gasteiger partial charge in [0.1, 0.15) is 0 Å². The van der Waals surface area contributed by atoms with E-state index in [1.54, 1.807) is 26.2 Å². The number of hydrogen-bond acceptors (Lipinski definition) is 3. The molecule has 0 aliphatic heterocycles. The normalized spacial score (nSPS) is 13.4. The molecule has 4 heteroatoms. The van der Waals surface area contributed by atoms with Crippen LogP contribution in [-0.4, -0.2) is 22.6 Å². The molecule has 0 aliphatic rings. The molecule has 4 nitrogen and oxygen atoms in total. The quantitative estimate of drug-likeness (QED) is 0.798. The first kappa shape index (κ1) is 12.6. The molecule has 0 saturated carbocycles. The zero-order valence-electron chi connectivity index (χ0n) is 9.90. The Labute approximate surface area is 95.7 Å². The Morgan fingerprint density at radius 1 is 1.50 bits per heavy atom. The van der Waals surface area contributed by atoms with Gasteiger partial charge in [-0.3, -0.25) is 9.78 Å². The van der Waals surface area contributed by atoms with Crippen LogP contribution in [0.15, 0.2) is 24.5 Å². The summed E-state index contributed by atoms with van der Waals surface area (Å²) >= 11 is 0. The number of rotatable bonds is 5. The minimum Gasteiger partial charge on any atom is -0.481 e. The van der Waals surface area contributed by atoms with E-state index in [-0.39, 0.29) is 6.04 Å². The van der Waals surface area contributed by atoms with E-state index in [0.29, 0.717) is 6.54 Å². The molecule has 0 fully saturated rings. The van der Waals surface area contributed by atoms with Crippen molar-refractivity contribution in [1.29, 1.82) is 0 Å². The van der Waals surface area contributed by atoms with Crippen molar-refractivity contribution >= 4 is 5.97 Å². The van der Waals surface area contributed by atoms with Gasteiger partial charge in [0.25, 0.3) is 0 Å². The monoisotopic (exact) mass is 222 g/mol. The van der Waals surface area contributed by atoms with Gasteiger partial charge in [-0.25, -0.2) is 0 Å². The van der Waals surface area contributed by atoms with Gasteiger partial charge in [-0.05, 0) is 38.5 Å². The van der Waals surface area contributed by atoms with Crippen LogP contribution in [0.4, 0.5) is 0 Å². The zero-order valence-corrected chi connectivity index (χ0v) is 9.90. The van der Waals surface area contributed by atoms with Crippen LogP contribution in [0.2, 0.25) is 0 Å². The largest absolute Gasteiger partial charge is 0.481 e. The second-order valence-corrected chi connectivity index (χ2v) is 4.57. The minimum atomic E-state index is -0.790. The van der Waals surface area contributed by atoms with Crippen LogP contribution in [0.5, 0.6) is 0 Å². The Morgan fingerprint density at radius 3 is 2.56 bits per heavy atom. The van der Waals surface area contributed by atoms with Crippen LogP contribution < -0.4 is 5.32 Å². The summed E-state index contributed by atoms with van der Waals surface area (Å²) in [4.78, 5) is 14.9. The molecular weight excluding hydrogens is 204 g/mol. The highest BCUT2D eigenvalue weighted by Gasteiger charge is 2.27. The van der Waals surface area contributed by atoms with Crippen LogP contribution in [0, 0.1) is 5.41 Å². The molecule has 1 atom stereocenters. The molecule has 1 aromatic rings. The third-order valence-electron chi connectivity index (χ3n) is 2.64.